The summed E-state index contributed by atoms with van der Waals surface area (Å²) in [7, 11) is -8.50. The Balaban J connectivity index is 4.44. The highest BCUT2D eigenvalue weighted by atomic mass is 31.3. The molecule has 2 unspecified atom stereocenters. The van der Waals surface area contributed by atoms with Crippen LogP contribution >= 0.6 is 15.6 Å². The molecule has 15 heavy (non-hydrogen) atoms. The SMILES string of the molecule is CC(C)OP(N)(=O)OP(=O)(O)OC(C)C. The van der Waals surface area contributed by atoms with Crippen LogP contribution < -0.4 is 5.50 Å². The van der Waals surface area contributed by atoms with E-state index in [1.807, 2.05) is 0 Å². The fraction of sp³-hybridized carbons (Fsp3) is 1.00. The number of rotatable bonds is 6. The summed E-state index contributed by atoms with van der Waals surface area (Å²) in [5, 5.41) is 0. The molecule has 7 nitrogen and oxygen atoms in total. The second kappa shape index (κ2) is 5.55. The van der Waals surface area contributed by atoms with Gasteiger partial charge in [0, 0.05) is 0 Å². The van der Waals surface area contributed by atoms with Crippen molar-refractivity contribution in [2.75, 3.05) is 0 Å². The average molecular weight is 261 g/mol. The first-order chi connectivity index (χ1) is 6.54. The molecule has 92 valence electrons. The molecule has 0 heterocycles. The fourth-order valence-electron chi connectivity index (χ4n) is 0.743. The fourth-order valence-corrected chi connectivity index (χ4v) is 3.32. The van der Waals surface area contributed by atoms with Crippen LogP contribution in [0.2, 0.25) is 0 Å². The molecule has 0 aromatic heterocycles. The monoisotopic (exact) mass is 261 g/mol. The van der Waals surface area contributed by atoms with Crippen molar-refractivity contribution >= 4 is 15.6 Å². The van der Waals surface area contributed by atoms with Crippen molar-refractivity contribution in [2.45, 2.75) is 39.9 Å². The lowest BCUT2D eigenvalue weighted by atomic mass is 10.5. The van der Waals surface area contributed by atoms with Crippen LogP contribution in [0.15, 0.2) is 0 Å². The molecule has 0 aromatic rings. The molecule has 0 aliphatic heterocycles. The van der Waals surface area contributed by atoms with Gasteiger partial charge >= 0.3 is 15.6 Å². The summed E-state index contributed by atoms with van der Waals surface area (Å²) >= 11 is 0. The average Bonchev–Trinajstić information content (AvgIpc) is 1.73. The van der Waals surface area contributed by atoms with Crippen molar-refractivity contribution in [3.8, 4) is 0 Å². The van der Waals surface area contributed by atoms with E-state index in [0.717, 1.165) is 0 Å². The third-order valence-electron chi connectivity index (χ3n) is 0.919. The molecule has 0 aliphatic rings. The second-order valence-electron chi connectivity index (χ2n) is 3.40. The summed E-state index contributed by atoms with van der Waals surface area (Å²) in [5.74, 6) is 0. The van der Waals surface area contributed by atoms with Gasteiger partial charge in [0.25, 0.3) is 0 Å². The van der Waals surface area contributed by atoms with Crippen LogP contribution in [-0.2, 0) is 22.5 Å². The third-order valence-corrected chi connectivity index (χ3v) is 4.06. The van der Waals surface area contributed by atoms with Gasteiger partial charge in [-0.1, -0.05) is 0 Å². The molecule has 0 rings (SSSR count). The minimum atomic E-state index is -4.44. The van der Waals surface area contributed by atoms with E-state index in [2.05, 4.69) is 13.4 Å². The Hall–Kier alpha value is 0.260. The quantitative estimate of drug-likeness (QED) is 0.704. The van der Waals surface area contributed by atoms with Crippen molar-refractivity contribution < 1.29 is 27.4 Å². The van der Waals surface area contributed by atoms with E-state index in [-0.39, 0.29) is 0 Å². The van der Waals surface area contributed by atoms with Crippen molar-refractivity contribution in [3.05, 3.63) is 0 Å². The van der Waals surface area contributed by atoms with Crippen LogP contribution in [0.25, 0.3) is 0 Å². The molecule has 0 radical (unpaired) electrons. The first-order valence-electron chi connectivity index (χ1n) is 4.33. The first-order valence-corrected chi connectivity index (χ1v) is 7.44. The van der Waals surface area contributed by atoms with Crippen LogP contribution in [-0.4, -0.2) is 17.1 Å². The molecule has 9 heteroatoms. The number of hydrogen-bond donors (Lipinski definition) is 2. The Labute approximate surface area is 89.1 Å². The summed E-state index contributed by atoms with van der Waals surface area (Å²) in [4.78, 5) is 9.11. The lowest BCUT2D eigenvalue weighted by Crippen LogP contribution is -2.10. The molecule has 0 bridgehead atoms. The van der Waals surface area contributed by atoms with E-state index in [0.29, 0.717) is 0 Å². The number of phosphoric ester groups is 1. The van der Waals surface area contributed by atoms with Gasteiger partial charge in [-0.25, -0.2) is 14.6 Å². The predicted octanol–water partition coefficient (Wildman–Crippen LogP) is 2.02. The molecule has 0 spiro atoms. The van der Waals surface area contributed by atoms with Gasteiger partial charge in [0.15, 0.2) is 0 Å². The maximum absolute atomic E-state index is 11.3. The summed E-state index contributed by atoms with van der Waals surface area (Å²) in [6.45, 7) is 6.18. The van der Waals surface area contributed by atoms with E-state index < -0.39 is 27.8 Å². The topological polar surface area (TPSA) is 108 Å². The Bertz CT molecular complexity index is 263. The number of nitrogens with two attached hydrogens (primary N) is 1. The van der Waals surface area contributed by atoms with Gasteiger partial charge in [-0.3, -0.25) is 9.05 Å². The third kappa shape index (κ3) is 8.11. The van der Waals surface area contributed by atoms with E-state index in [1.54, 1.807) is 13.8 Å². The minimum Gasteiger partial charge on any atom is -0.302 e. The molecule has 0 amide bonds. The molecule has 0 saturated carbocycles. The molecule has 0 fully saturated rings. The Morgan fingerprint density at radius 3 is 1.80 bits per heavy atom. The smallest absolute Gasteiger partial charge is 0.302 e. The molecular weight excluding hydrogens is 244 g/mol. The largest absolute Gasteiger partial charge is 0.480 e. The highest BCUT2D eigenvalue weighted by molar-refractivity contribution is 7.63. The van der Waals surface area contributed by atoms with E-state index >= 15 is 0 Å². The summed E-state index contributed by atoms with van der Waals surface area (Å²) in [6.07, 6.45) is -1.04. The van der Waals surface area contributed by atoms with Crippen LogP contribution in [0, 0.1) is 0 Å². The zero-order valence-corrected chi connectivity index (χ0v) is 10.9. The highest BCUT2D eigenvalue weighted by Gasteiger charge is 2.34. The van der Waals surface area contributed by atoms with Gasteiger partial charge in [0.05, 0.1) is 12.2 Å². The standard InChI is InChI=1S/C6H17NO6P2/c1-5(2)11-14(7,8)13-15(9,10)12-6(3)4/h5-6H,1-4H3,(H2,7,8)(H,9,10). The number of phosphoric acid groups is 1. The molecular formula is C6H17NO6P2. The second-order valence-corrected chi connectivity index (χ2v) is 6.49. The zero-order valence-electron chi connectivity index (χ0n) is 9.11. The summed E-state index contributed by atoms with van der Waals surface area (Å²) < 4.78 is 36.0. The van der Waals surface area contributed by atoms with Crippen LogP contribution in [0.1, 0.15) is 27.7 Å². The number of hydrogen-bond acceptors (Lipinski definition) is 5. The highest BCUT2D eigenvalue weighted by Crippen LogP contribution is 2.59. The zero-order chi connectivity index (χ0) is 12.3. The lowest BCUT2D eigenvalue weighted by Gasteiger charge is -2.19. The molecule has 0 aliphatic carbocycles. The minimum absolute atomic E-state index is 0.486. The molecule has 0 aromatic carbocycles. The Morgan fingerprint density at radius 2 is 1.47 bits per heavy atom. The molecule has 2 atom stereocenters. The normalized spacial score (nSPS) is 20.3. The molecule has 3 N–H and O–H groups in total. The van der Waals surface area contributed by atoms with E-state index in [4.69, 9.17) is 10.4 Å². The van der Waals surface area contributed by atoms with Crippen molar-refractivity contribution in [1.82, 2.24) is 0 Å². The van der Waals surface area contributed by atoms with Gasteiger partial charge in [-0.05, 0) is 27.7 Å². The van der Waals surface area contributed by atoms with Crippen LogP contribution in [0.4, 0.5) is 0 Å². The lowest BCUT2D eigenvalue weighted by molar-refractivity contribution is 0.142. The van der Waals surface area contributed by atoms with Crippen molar-refractivity contribution in [2.24, 2.45) is 5.50 Å². The maximum Gasteiger partial charge on any atom is 0.480 e. The van der Waals surface area contributed by atoms with Crippen molar-refractivity contribution in [3.63, 3.8) is 0 Å². The van der Waals surface area contributed by atoms with Gasteiger partial charge in [0.2, 0.25) is 0 Å². The van der Waals surface area contributed by atoms with E-state index in [1.165, 1.54) is 13.8 Å². The van der Waals surface area contributed by atoms with Crippen LogP contribution in [0.5, 0.6) is 0 Å². The van der Waals surface area contributed by atoms with Gasteiger partial charge < -0.3 is 4.89 Å². The van der Waals surface area contributed by atoms with Gasteiger partial charge in [-0.2, -0.15) is 4.31 Å². The van der Waals surface area contributed by atoms with Gasteiger partial charge in [-0.15, -0.1) is 0 Å². The maximum atomic E-state index is 11.3. The summed E-state index contributed by atoms with van der Waals surface area (Å²) in [5.41, 5.74) is 5.08. The predicted molar refractivity (Wildman–Crippen MR) is 55.1 cm³/mol. The Morgan fingerprint density at radius 1 is 1.07 bits per heavy atom. The Kier molecular flexibility index (Phi) is 5.64. The van der Waals surface area contributed by atoms with Crippen LogP contribution in [0.3, 0.4) is 0 Å². The molecule has 0 saturated heterocycles. The first kappa shape index (κ1) is 15.3. The van der Waals surface area contributed by atoms with Gasteiger partial charge in [0.1, 0.15) is 0 Å². The van der Waals surface area contributed by atoms with E-state index in [9.17, 15) is 9.13 Å². The van der Waals surface area contributed by atoms with Crippen molar-refractivity contribution in [1.29, 1.82) is 0 Å². The summed E-state index contributed by atoms with van der Waals surface area (Å²) in [6, 6.07) is 0.